The Kier molecular flexibility index (Phi) is 3.46. The molecule has 3 fully saturated rings. The van der Waals surface area contributed by atoms with Gasteiger partial charge in [0.1, 0.15) is 0 Å². The summed E-state index contributed by atoms with van der Waals surface area (Å²) in [6.45, 7) is 8.65. The lowest BCUT2D eigenvalue weighted by molar-refractivity contribution is 0.0992. The largest absolute Gasteiger partial charge is 0.373 e. The molecule has 0 aromatic heterocycles. The van der Waals surface area contributed by atoms with Gasteiger partial charge in [0.2, 0.25) is 0 Å². The minimum Gasteiger partial charge on any atom is -0.373 e. The Hall–Kier alpha value is -0.770. The maximum Gasteiger partial charge on any atom is 0.191 e. The minimum absolute atomic E-state index is 0.409. The number of fused-ring (bicyclic) bond motifs is 2. The smallest absolute Gasteiger partial charge is 0.191 e. The number of nitrogens with zero attached hydrogens (tertiary/aromatic N) is 1. The first-order valence-corrected chi connectivity index (χ1v) is 7.79. The maximum absolute atomic E-state index is 5.89. The fraction of sp³-hybridized carbons (Fsp3) is 0.933. The number of hydrogen-bond acceptors (Lipinski definition) is 2. The summed E-state index contributed by atoms with van der Waals surface area (Å²) in [7, 11) is 0. The van der Waals surface area contributed by atoms with E-state index in [0.717, 1.165) is 31.4 Å². The zero-order valence-electron chi connectivity index (χ0n) is 12.4. The third kappa shape index (κ3) is 2.88. The molecule has 3 rings (SSSR count). The second kappa shape index (κ2) is 4.97. The Morgan fingerprint density at radius 2 is 2.16 bits per heavy atom. The van der Waals surface area contributed by atoms with Crippen molar-refractivity contribution in [3.8, 4) is 0 Å². The first-order chi connectivity index (χ1) is 9.08. The van der Waals surface area contributed by atoms with Gasteiger partial charge in [-0.05, 0) is 43.9 Å². The summed E-state index contributed by atoms with van der Waals surface area (Å²) in [5, 5.41) is 6.94. The van der Waals surface area contributed by atoms with Crippen molar-refractivity contribution >= 4 is 5.96 Å². The number of aliphatic imine (C=N–C) groups is 1. The van der Waals surface area contributed by atoms with Gasteiger partial charge in [-0.1, -0.05) is 13.8 Å². The zero-order valence-corrected chi connectivity index (χ0v) is 12.4. The van der Waals surface area contributed by atoms with Crippen molar-refractivity contribution in [2.45, 2.75) is 64.7 Å². The second-order valence-corrected chi connectivity index (χ2v) is 6.97. The van der Waals surface area contributed by atoms with Gasteiger partial charge in [-0.25, -0.2) is 0 Å². The highest BCUT2D eigenvalue weighted by atomic mass is 16.5. The molecule has 4 nitrogen and oxygen atoms in total. The van der Waals surface area contributed by atoms with Crippen LogP contribution >= 0.6 is 0 Å². The Bertz CT molecular complexity index is 366. The van der Waals surface area contributed by atoms with Crippen LogP contribution in [0.25, 0.3) is 0 Å². The fourth-order valence-corrected chi connectivity index (χ4v) is 3.37. The topological polar surface area (TPSA) is 45.7 Å². The molecule has 2 bridgehead atoms. The van der Waals surface area contributed by atoms with Crippen molar-refractivity contribution in [2.75, 3.05) is 13.1 Å². The van der Waals surface area contributed by atoms with Crippen molar-refractivity contribution in [1.29, 1.82) is 0 Å². The molecule has 19 heavy (non-hydrogen) atoms. The van der Waals surface area contributed by atoms with Crippen molar-refractivity contribution in [1.82, 2.24) is 10.6 Å². The van der Waals surface area contributed by atoms with Crippen LogP contribution in [0.15, 0.2) is 4.99 Å². The van der Waals surface area contributed by atoms with E-state index in [0.29, 0.717) is 23.7 Å². The SMILES string of the molecule is CCNC(=NCC1CC1(C)C)NC1CC2CCC1O2. The molecule has 1 saturated carbocycles. The highest BCUT2D eigenvalue weighted by Gasteiger charge is 2.45. The maximum atomic E-state index is 5.89. The summed E-state index contributed by atoms with van der Waals surface area (Å²) in [6.07, 6.45) is 5.81. The van der Waals surface area contributed by atoms with E-state index in [-0.39, 0.29) is 0 Å². The summed E-state index contributed by atoms with van der Waals surface area (Å²) >= 11 is 0. The van der Waals surface area contributed by atoms with E-state index in [1.165, 1.54) is 19.3 Å². The molecule has 0 radical (unpaired) electrons. The Labute approximate surface area is 116 Å². The van der Waals surface area contributed by atoms with Crippen LogP contribution in [0.2, 0.25) is 0 Å². The van der Waals surface area contributed by atoms with E-state index in [2.05, 4.69) is 31.4 Å². The first-order valence-electron chi connectivity index (χ1n) is 7.79. The van der Waals surface area contributed by atoms with E-state index in [4.69, 9.17) is 9.73 Å². The standard InChI is InChI=1S/C15H27N3O/c1-4-16-14(17-9-10-8-15(10,2)3)18-12-7-11-5-6-13(12)19-11/h10-13H,4-9H2,1-3H3,(H2,16,17,18). The molecule has 2 aliphatic heterocycles. The Morgan fingerprint density at radius 1 is 1.37 bits per heavy atom. The summed E-state index contributed by atoms with van der Waals surface area (Å²) in [6, 6.07) is 0.462. The molecule has 2 heterocycles. The fourth-order valence-electron chi connectivity index (χ4n) is 3.37. The molecule has 2 saturated heterocycles. The summed E-state index contributed by atoms with van der Waals surface area (Å²) < 4.78 is 5.89. The average molecular weight is 265 g/mol. The predicted molar refractivity (Wildman–Crippen MR) is 77.3 cm³/mol. The predicted octanol–water partition coefficient (Wildman–Crippen LogP) is 1.91. The lowest BCUT2D eigenvalue weighted by atomic mass is 9.96. The monoisotopic (exact) mass is 265 g/mol. The molecule has 4 unspecified atom stereocenters. The van der Waals surface area contributed by atoms with Gasteiger partial charge in [0.25, 0.3) is 0 Å². The van der Waals surface area contributed by atoms with Crippen LogP contribution in [0.1, 0.15) is 46.5 Å². The molecular formula is C15H27N3O. The second-order valence-electron chi connectivity index (χ2n) is 6.97. The average Bonchev–Trinajstić information content (AvgIpc) is 2.75. The Morgan fingerprint density at radius 3 is 2.68 bits per heavy atom. The van der Waals surface area contributed by atoms with Crippen LogP contribution < -0.4 is 10.6 Å². The molecule has 1 aliphatic carbocycles. The molecule has 0 spiro atoms. The zero-order chi connectivity index (χ0) is 13.5. The first kappa shape index (κ1) is 13.2. The lowest BCUT2D eigenvalue weighted by Gasteiger charge is -2.22. The molecule has 0 amide bonds. The van der Waals surface area contributed by atoms with Crippen LogP contribution in [-0.4, -0.2) is 37.3 Å². The normalized spacial score (nSPS) is 39.4. The Balaban J connectivity index is 1.53. The van der Waals surface area contributed by atoms with E-state index in [1.54, 1.807) is 0 Å². The molecule has 4 atom stereocenters. The van der Waals surface area contributed by atoms with E-state index in [1.807, 2.05) is 0 Å². The third-order valence-corrected chi connectivity index (χ3v) is 4.96. The minimum atomic E-state index is 0.409. The van der Waals surface area contributed by atoms with Crippen LogP contribution in [0, 0.1) is 11.3 Å². The van der Waals surface area contributed by atoms with Gasteiger partial charge in [0, 0.05) is 13.1 Å². The highest BCUT2D eigenvalue weighted by Crippen LogP contribution is 2.51. The van der Waals surface area contributed by atoms with Crippen LogP contribution in [0.4, 0.5) is 0 Å². The number of nitrogens with one attached hydrogen (secondary N) is 2. The van der Waals surface area contributed by atoms with Gasteiger partial charge in [-0.3, -0.25) is 4.99 Å². The summed E-state index contributed by atoms with van der Waals surface area (Å²) in [4.78, 5) is 4.76. The van der Waals surface area contributed by atoms with Gasteiger partial charge >= 0.3 is 0 Å². The molecule has 4 heteroatoms. The van der Waals surface area contributed by atoms with Gasteiger partial charge in [-0.2, -0.15) is 0 Å². The third-order valence-electron chi connectivity index (χ3n) is 4.96. The number of guanidine groups is 1. The van der Waals surface area contributed by atoms with Crippen LogP contribution in [0.3, 0.4) is 0 Å². The molecule has 0 aromatic carbocycles. The van der Waals surface area contributed by atoms with Crippen molar-refractivity contribution < 1.29 is 4.74 Å². The van der Waals surface area contributed by atoms with Crippen LogP contribution in [0.5, 0.6) is 0 Å². The van der Waals surface area contributed by atoms with Gasteiger partial charge < -0.3 is 15.4 Å². The lowest BCUT2D eigenvalue weighted by Crippen LogP contribution is -2.47. The number of ether oxygens (including phenoxy) is 1. The van der Waals surface area contributed by atoms with Gasteiger partial charge in [-0.15, -0.1) is 0 Å². The summed E-state index contributed by atoms with van der Waals surface area (Å²) in [5.41, 5.74) is 0.510. The molecule has 3 aliphatic rings. The van der Waals surface area contributed by atoms with E-state index < -0.39 is 0 Å². The highest BCUT2D eigenvalue weighted by molar-refractivity contribution is 5.80. The van der Waals surface area contributed by atoms with Crippen LogP contribution in [-0.2, 0) is 4.74 Å². The summed E-state index contributed by atoms with van der Waals surface area (Å²) in [5.74, 6) is 1.74. The number of hydrogen-bond donors (Lipinski definition) is 2. The molecule has 108 valence electrons. The molecule has 2 N–H and O–H groups in total. The van der Waals surface area contributed by atoms with Crippen molar-refractivity contribution in [3.63, 3.8) is 0 Å². The van der Waals surface area contributed by atoms with Gasteiger partial charge in [0.15, 0.2) is 5.96 Å². The van der Waals surface area contributed by atoms with Crippen molar-refractivity contribution in [2.24, 2.45) is 16.3 Å². The van der Waals surface area contributed by atoms with Crippen molar-refractivity contribution in [3.05, 3.63) is 0 Å². The van der Waals surface area contributed by atoms with Gasteiger partial charge in [0.05, 0.1) is 18.2 Å². The molecule has 0 aromatic rings. The molecular weight excluding hydrogens is 238 g/mol. The number of rotatable bonds is 4. The quantitative estimate of drug-likeness (QED) is 0.603. The van der Waals surface area contributed by atoms with E-state index in [9.17, 15) is 0 Å². The van der Waals surface area contributed by atoms with E-state index >= 15 is 0 Å².